The van der Waals surface area contributed by atoms with Crippen LogP contribution in [0.4, 0.5) is 13.2 Å². The number of aliphatic carboxylic acids is 1. The van der Waals surface area contributed by atoms with Gasteiger partial charge in [0.1, 0.15) is 13.2 Å². The third kappa shape index (κ3) is 3.78. The minimum Gasteiger partial charge on any atom is -0.480 e. The van der Waals surface area contributed by atoms with Gasteiger partial charge in [-0.15, -0.1) is 10.2 Å². The van der Waals surface area contributed by atoms with Gasteiger partial charge >= 0.3 is 12.1 Å². The highest BCUT2D eigenvalue weighted by atomic mass is 19.4. The Morgan fingerprint density at radius 3 is 2.67 bits per heavy atom. The number of aromatic nitrogens is 2. The minimum atomic E-state index is -4.55. The molecule has 0 atom stereocenters. The summed E-state index contributed by atoms with van der Waals surface area (Å²) >= 11 is 0. The summed E-state index contributed by atoms with van der Waals surface area (Å²) in [7, 11) is 0. The largest absolute Gasteiger partial charge is 0.480 e. The molecule has 1 N–H and O–H groups in total. The fraction of sp³-hybridized carbons (Fsp3) is 0.250. The molecule has 0 bridgehead atoms. The Morgan fingerprint density at radius 2 is 2.00 bits per heavy atom. The quantitative estimate of drug-likeness (QED) is 0.912. The van der Waals surface area contributed by atoms with Gasteiger partial charge in [0, 0.05) is 0 Å². The normalized spacial score (nSPS) is 11.6. The van der Waals surface area contributed by atoms with E-state index in [4.69, 9.17) is 14.3 Å². The van der Waals surface area contributed by atoms with Crippen molar-refractivity contribution in [2.45, 2.75) is 12.8 Å². The molecule has 0 unspecified atom stereocenters. The van der Waals surface area contributed by atoms with Gasteiger partial charge in [-0.1, -0.05) is 12.1 Å². The summed E-state index contributed by atoms with van der Waals surface area (Å²) in [6.07, 6.45) is -4.55. The van der Waals surface area contributed by atoms with E-state index >= 15 is 0 Å². The molecule has 6 nitrogen and oxygen atoms in total. The second kappa shape index (κ2) is 5.92. The molecule has 21 heavy (non-hydrogen) atoms. The van der Waals surface area contributed by atoms with Crippen molar-refractivity contribution in [3.63, 3.8) is 0 Å². The topological polar surface area (TPSA) is 85.5 Å². The predicted molar refractivity (Wildman–Crippen MR) is 62.0 cm³/mol. The average Bonchev–Trinajstić information content (AvgIpc) is 2.86. The van der Waals surface area contributed by atoms with E-state index in [0.717, 1.165) is 6.07 Å². The molecule has 0 aliphatic carbocycles. The van der Waals surface area contributed by atoms with Gasteiger partial charge in [0.2, 0.25) is 11.8 Å². The van der Waals surface area contributed by atoms with Crippen molar-refractivity contribution in [1.29, 1.82) is 0 Å². The van der Waals surface area contributed by atoms with Gasteiger partial charge in [0.15, 0.2) is 0 Å². The van der Waals surface area contributed by atoms with E-state index in [0.29, 0.717) is 0 Å². The Labute approximate surface area is 116 Å². The molecule has 1 aromatic heterocycles. The van der Waals surface area contributed by atoms with Crippen molar-refractivity contribution in [2.24, 2.45) is 0 Å². The summed E-state index contributed by atoms with van der Waals surface area (Å²) in [6.45, 7) is -0.871. The van der Waals surface area contributed by atoms with Crippen LogP contribution in [0.5, 0.6) is 0 Å². The van der Waals surface area contributed by atoms with Crippen LogP contribution in [0.25, 0.3) is 11.5 Å². The number of hydrogen-bond donors (Lipinski definition) is 1. The smallest absolute Gasteiger partial charge is 0.417 e. The van der Waals surface area contributed by atoms with E-state index in [1.165, 1.54) is 18.2 Å². The number of halogens is 3. The second-order valence-corrected chi connectivity index (χ2v) is 3.93. The first kappa shape index (κ1) is 15.0. The van der Waals surface area contributed by atoms with Gasteiger partial charge in [-0.3, -0.25) is 0 Å². The summed E-state index contributed by atoms with van der Waals surface area (Å²) in [5, 5.41) is 15.4. The van der Waals surface area contributed by atoms with Crippen LogP contribution in [0.2, 0.25) is 0 Å². The monoisotopic (exact) mass is 302 g/mol. The molecule has 0 saturated carbocycles. The lowest BCUT2D eigenvalue weighted by atomic mass is 10.1. The van der Waals surface area contributed by atoms with Crippen LogP contribution in [0, 0.1) is 0 Å². The lowest BCUT2D eigenvalue weighted by molar-refractivity contribution is -0.143. The first-order valence-electron chi connectivity index (χ1n) is 5.66. The maximum atomic E-state index is 12.9. The Hall–Kier alpha value is -2.42. The number of carboxylic acids is 1. The second-order valence-electron chi connectivity index (χ2n) is 3.93. The Bertz CT molecular complexity index is 639. The summed E-state index contributed by atoms with van der Waals surface area (Å²) in [6, 6.07) is 4.77. The van der Waals surface area contributed by atoms with Crippen molar-refractivity contribution in [1.82, 2.24) is 10.2 Å². The number of rotatable bonds is 5. The molecule has 0 aliphatic rings. The highest BCUT2D eigenvalue weighted by molar-refractivity contribution is 5.68. The van der Waals surface area contributed by atoms with Crippen LogP contribution in [0.3, 0.4) is 0 Å². The van der Waals surface area contributed by atoms with E-state index in [9.17, 15) is 18.0 Å². The van der Waals surface area contributed by atoms with Gasteiger partial charge in [-0.05, 0) is 12.1 Å². The highest BCUT2D eigenvalue weighted by Crippen LogP contribution is 2.36. The van der Waals surface area contributed by atoms with Gasteiger partial charge in [-0.2, -0.15) is 13.2 Å². The van der Waals surface area contributed by atoms with Crippen molar-refractivity contribution >= 4 is 5.97 Å². The van der Waals surface area contributed by atoms with E-state index in [1.807, 2.05) is 0 Å². The molecular formula is C12H9F3N2O4. The Balaban J connectivity index is 2.20. The molecule has 0 aliphatic heterocycles. The molecule has 9 heteroatoms. The van der Waals surface area contributed by atoms with Gasteiger partial charge < -0.3 is 14.3 Å². The molecule has 0 spiro atoms. The van der Waals surface area contributed by atoms with Crippen LogP contribution in [-0.4, -0.2) is 27.9 Å². The molecule has 2 aromatic rings. The van der Waals surface area contributed by atoms with E-state index in [2.05, 4.69) is 10.2 Å². The number of carboxylic acid groups (broad SMARTS) is 1. The number of benzene rings is 1. The highest BCUT2D eigenvalue weighted by Gasteiger charge is 2.34. The molecule has 0 radical (unpaired) electrons. The van der Waals surface area contributed by atoms with Crippen molar-refractivity contribution in [3.05, 3.63) is 35.7 Å². The standard InChI is InChI=1S/C12H9F3N2O4/c13-12(14,15)8-4-2-1-3-7(8)11-17-16-9(21-11)5-20-6-10(18)19/h1-4H,5-6H2,(H,18,19). The number of ether oxygens (including phenoxy) is 1. The lowest BCUT2D eigenvalue weighted by Gasteiger charge is -2.09. The van der Waals surface area contributed by atoms with Gasteiger partial charge in [-0.25, -0.2) is 4.79 Å². The predicted octanol–water partition coefficient (Wildman–Crippen LogP) is 2.36. The Kier molecular flexibility index (Phi) is 4.22. The molecule has 0 fully saturated rings. The summed E-state index contributed by atoms with van der Waals surface area (Å²) in [5.74, 6) is -1.60. The zero-order valence-electron chi connectivity index (χ0n) is 10.4. The molecule has 0 amide bonds. The fourth-order valence-electron chi connectivity index (χ4n) is 1.56. The molecule has 2 rings (SSSR count). The van der Waals surface area contributed by atoms with Crippen LogP contribution in [-0.2, 0) is 22.3 Å². The van der Waals surface area contributed by atoms with Crippen molar-refractivity contribution < 1.29 is 32.2 Å². The first-order valence-corrected chi connectivity index (χ1v) is 5.66. The van der Waals surface area contributed by atoms with Crippen molar-refractivity contribution in [2.75, 3.05) is 6.61 Å². The van der Waals surface area contributed by atoms with Crippen LogP contribution in [0.15, 0.2) is 28.7 Å². The number of alkyl halides is 3. The summed E-state index contributed by atoms with van der Waals surface area (Å²) < 4.78 is 48.3. The third-order valence-corrected chi connectivity index (χ3v) is 2.38. The number of nitrogens with zero attached hydrogens (tertiary/aromatic N) is 2. The third-order valence-electron chi connectivity index (χ3n) is 2.38. The zero-order chi connectivity index (χ0) is 15.5. The number of carbonyl (C=O) groups is 1. The molecule has 1 aromatic carbocycles. The minimum absolute atomic E-state index is 0.108. The molecule has 112 valence electrons. The van der Waals surface area contributed by atoms with Crippen LogP contribution < -0.4 is 0 Å². The average molecular weight is 302 g/mol. The Morgan fingerprint density at radius 1 is 1.29 bits per heavy atom. The molecule has 1 heterocycles. The van der Waals surface area contributed by atoms with Gasteiger partial charge in [0.05, 0.1) is 11.1 Å². The first-order chi connectivity index (χ1) is 9.88. The van der Waals surface area contributed by atoms with Crippen LogP contribution >= 0.6 is 0 Å². The van der Waals surface area contributed by atoms with Crippen LogP contribution in [0.1, 0.15) is 11.5 Å². The summed E-state index contributed by atoms with van der Waals surface area (Å²) in [4.78, 5) is 10.3. The maximum absolute atomic E-state index is 12.9. The summed E-state index contributed by atoms with van der Waals surface area (Å²) in [5.41, 5.74) is -1.14. The molecule has 0 saturated heterocycles. The zero-order valence-corrected chi connectivity index (χ0v) is 10.4. The van der Waals surface area contributed by atoms with E-state index in [-0.39, 0.29) is 24.0 Å². The SMILES string of the molecule is O=C(O)COCc1nnc(-c2ccccc2C(F)(F)F)o1. The lowest BCUT2D eigenvalue weighted by Crippen LogP contribution is -2.07. The fourth-order valence-corrected chi connectivity index (χ4v) is 1.56. The van der Waals surface area contributed by atoms with Gasteiger partial charge in [0.25, 0.3) is 0 Å². The van der Waals surface area contributed by atoms with Crippen molar-refractivity contribution in [3.8, 4) is 11.5 Å². The van der Waals surface area contributed by atoms with E-state index in [1.54, 1.807) is 0 Å². The molecular weight excluding hydrogens is 293 g/mol. The maximum Gasteiger partial charge on any atom is 0.417 e. The number of hydrogen-bond acceptors (Lipinski definition) is 5. The van der Waals surface area contributed by atoms with E-state index < -0.39 is 24.3 Å².